The van der Waals surface area contributed by atoms with Crippen molar-refractivity contribution < 1.29 is 19.4 Å². The summed E-state index contributed by atoms with van der Waals surface area (Å²) in [5.41, 5.74) is 0.211. The van der Waals surface area contributed by atoms with Gasteiger partial charge >= 0.3 is 0 Å². The first kappa shape index (κ1) is 13.1. The van der Waals surface area contributed by atoms with Crippen molar-refractivity contribution in [3.63, 3.8) is 0 Å². The summed E-state index contributed by atoms with van der Waals surface area (Å²) in [6.45, 7) is 5.50. The molecule has 1 spiro atoms. The lowest BCUT2D eigenvalue weighted by Gasteiger charge is -2.53. The number of ketones is 1. The summed E-state index contributed by atoms with van der Waals surface area (Å²) >= 11 is 0. The molecule has 0 aromatic rings. The molecule has 19 heavy (non-hydrogen) atoms. The molecular formula is C15H22O4. The second-order valence-electron chi connectivity index (χ2n) is 6.34. The standard InChI is InChI=1S/C15H22O4/c1-10-12-4-3-11(9-16)13(17)14(12,2)5-6-15(10)18-7-8-19-15/h9-10,12,16H,3-8H2,1-2H3/b11-9+/t10-,12-,14-/m0/s1. The fraction of sp³-hybridized carbons (Fsp3) is 0.800. The lowest BCUT2D eigenvalue weighted by Crippen LogP contribution is -2.56. The van der Waals surface area contributed by atoms with Crippen LogP contribution < -0.4 is 0 Å². The van der Waals surface area contributed by atoms with Gasteiger partial charge in [-0.1, -0.05) is 13.8 Å². The van der Waals surface area contributed by atoms with Crippen molar-refractivity contribution >= 4 is 5.78 Å². The van der Waals surface area contributed by atoms with Crippen molar-refractivity contribution in [3.05, 3.63) is 11.8 Å². The Balaban J connectivity index is 1.92. The molecular weight excluding hydrogens is 244 g/mol. The van der Waals surface area contributed by atoms with Gasteiger partial charge in [-0.15, -0.1) is 0 Å². The average molecular weight is 266 g/mol. The zero-order chi connectivity index (χ0) is 13.7. The minimum absolute atomic E-state index is 0.117. The number of ether oxygens (including phenoxy) is 2. The monoisotopic (exact) mass is 266 g/mol. The molecule has 1 aliphatic heterocycles. The Hall–Kier alpha value is -0.870. The van der Waals surface area contributed by atoms with E-state index in [0.717, 1.165) is 25.5 Å². The third kappa shape index (κ3) is 1.69. The van der Waals surface area contributed by atoms with Crippen LogP contribution in [0.5, 0.6) is 0 Å². The predicted molar refractivity (Wildman–Crippen MR) is 69.6 cm³/mol. The Morgan fingerprint density at radius 3 is 2.63 bits per heavy atom. The zero-order valence-corrected chi connectivity index (χ0v) is 11.6. The summed E-state index contributed by atoms with van der Waals surface area (Å²) in [6, 6.07) is 0. The molecule has 106 valence electrons. The first-order valence-electron chi connectivity index (χ1n) is 7.19. The van der Waals surface area contributed by atoms with E-state index in [4.69, 9.17) is 9.47 Å². The van der Waals surface area contributed by atoms with Gasteiger partial charge in [-0.05, 0) is 25.2 Å². The molecule has 0 unspecified atom stereocenters. The summed E-state index contributed by atoms with van der Waals surface area (Å²) in [7, 11) is 0. The van der Waals surface area contributed by atoms with E-state index in [1.807, 2.05) is 6.92 Å². The fourth-order valence-electron chi connectivity index (χ4n) is 4.35. The van der Waals surface area contributed by atoms with Crippen molar-refractivity contribution in [1.82, 2.24) is 0 Å². The maximum atomic E-state index is 12.6. The molecule has 4 nitrogen and oxygen atoms in total. The number of hydrogen-bond donors (Lipinski definition) is 1. The highest BCUT2D eigenvalue weighted by Gasteiger charge is 2.59. The quantitative estimate of drug-likeness (QED) is 0.541. The molecule has 3 rings (SSSR count). The Bertz CT molecular complexity index is 422. The first-order valence-corrected chi connectivity index (χ1v) is 7.19. The van der Waals surface area contributed by atoms with Gasteiger partial charge in [0.05, 0.1) is 19.5 Å². The van der Waals surface area contributed by atoms with Gasteiger partial charge in [-0.3, -0.25) is 4.79 Å². The first-order chi connectivity index (χ1) is 9.03. The van der Waals surface area contributed by atoms with Gasteiger partial charge in [0, 0.05) is 23.3 Å². The van der Waals surface area contributed by atoms with E-state index < -0.39 is 5.79 Å². The van der Waals surface area contributed by atoms with Crippen LogP contribution in [0.4, 0.5) is 0 Å². The minimum atomic E-state index is -0.467. The summed E-state index contributed by atoms with van der Waals surface area (Å²) < 4.78 is 11.8. The van der Waals surface area contributed by atoms with Gasteiger partial charge in [-0.25, -0.2) is 0 Å². The lowest BCUT2D eigenvalue weighted by atomic mass is 9.54. The smallest absolute Gasteiger partial charge is 0.171 e. The Labute approximate surface area is 113 Å². The SMILES string of the molecule is C[C@H]1[C@@H]2CC/C(=C\O)C(=O)[C@@]2(C)CCC12OCCO2. The van der Waals surface area contributed by atoms with Crippen LogP contribution in [0.3, 0.4) is 0 Å². The molecule has 0 aromatic heterocycles. The van der Waals surface area contributed by atoms with Gasteiger partial charge in [-0.2, -0.15) is 0 Å². The van der Waals surface area contributed by atoms with Crippen molar-refractivity contribution in [1.29, 1.82) is 0 Å². The van der Waals surface area contributed by atoms with Crippen LogP contribution in [0.25, 0.3) is 0 Å². The van der Waals surface area contributed by atoms with E-state index in [0.29, 0.717) is 25.2 Å². The molecule has 0 aromatic carbocycles. The highest BCUT2D eigenvalue weighted by Crippen LogP contribution is 2.56. The molecule has 4 heteroatoms. The highest BCUT2D eigenvalue weighted by molar-refractivity contribution is 6.00. The number of carbonyl (C=O) groups excluding carboxylic acids is 1. The maximum Gasteiger partial charge on any atom is 0.171 e. The Morgan fingerprint density at radius 2 is 2.00 bits per heavy atom. The molecule has 1 heterocycles. The van der Waals surface area contributed by atoms with Crippen LogP contribution in [0.1, 0.15) is 39.5 Å². The van der Waals surface area contributed by atoms with Crippen molar-refractivity contribution in [2.75, 3.05) is 13.2 Å². The van der Waals surface area contributed by atoms with E-state index in [1.165, 1.54) is 0 Å². The van der Waals surface area contributed by atoms with Crippen LogP contribution in [0, 0.1) is 17.3 Å². The average Bonchev–Trinajstić information content (AvgIpc) is 2.88. The summed E-state index contributed by atoms with van der Waals surface area (Å²) in [4.78, 5) is 12.6. The number of carbonyl (C=O) groups is 1. The predicted octanol–water partition coefficient (Wildman–Crippen LogP) is 2.59. The maximum absolute atomic E-state index is 12.6. The molecule has 2 saturated carbocycles. The van der Waals surface area contributed by atoms with Gasteiger partial charge in [0.1, 0.15) is 0 Å². The van der Waals surface area contributed by atoms with E-state index in [2.05, 4.69) is 6.92 Å². The normalized spacial score (nSPS) is 43.7. The van der Waals surface area contributed by atoms with Crippen LogP contribution >= 0.6 is 0 Å². The van der Waals surface area contributed by atoms with Crippen molar-refractivity contribution in [2.45, 2.75) is 45.3 Å². The molecule has 3 atom stereocenters. The van der Waals surface area contributed by atoms with Crippen molar-refractivity contribution in [2.24, 2.45) is 17.3 Å². The zero-order valence-electron chi connectivity index (χ0n) is 11.6. The largest absolute Gasteiger partial charge is 0.515 e. The second-order valence-corrected chi connectivity index (χ2v) is 6.34. The van der Waals surface area contributed by atoms with Gasteiger partial charge < -0.3 is 14.6 Å². The minimum Gasteiger partial charge on any atom is -0.515 e. The van der Waals surface area contributed by atoms with Gasteiger partial charge in [0.2, 0.25) is 0 Å². The Morgan fingerprint density at radius 1 is 1.32 bits per heavy atom. The molecule has 3 fully saturated rings. The number of allylic oxidation sites excluding steroid dienone is 1. The fourth-order valence-corrected chi connectivity index (χ4v) is 4.35. The van der Waals surface area contributed by atoms with Crippen molar-refractivity contribution in [3.8, 4) is 0 Å². The van der Waals surface area contributed by atoms with E-state index in [-0.39, 0.29) is 23.0 Å². The number of fused-ring (bicyclic) bond motifs is 1. The number of rotatable bonds is 0. The van der Waals surface area contributed by atoms with E-state index in [1.54, 1.807) is 0 Å². The van der Waals surface area contributed by atoms with Crippen LogP contribution in [0.2, 0.25) is 0 Å². The third-order valence-corrected chi connectivity index (χ3v) is 5.58. The number of aliphatic hydroxyl groups excluding tert-OH is 1. The van der Waals surface area contributed by atoms with E-state index >= 15 is 0 Å². The molecule has 0 bridgehead atoms. The second kappa shape index (κ2) is 4.32. The van der Waals surface area contributed by atoms with Crippen LogP contribution in [-0.2, 0) is 14.3 Å². The van der Waals surface area contributed by atoms with Gasteiger partial charge in [0.15, 0.2) is 11.6 Å². The number of Topliss-reactive ketones (excluding diaryl/α,β-unsaturated/α-hetero) is 1. The summed E-state index contributed by atoms with van der Waals surface area (Å²) in [5, 5.41) is 9.20. The molecule has 3 aliphatic rings. The topological polar surface area (TPSA) is 55.8 Å². The summed E-state index contributed by atoms with van der Waals surface area (Å²) in [5.74, 6) is 0.143. The molecule has 0 amide bonds. The van der Waals surface area contributed by atoms with E-state index in [9.17, 15) is 9.90 Å². The lowest BCUT2D eigenvalue weighted by molar-refractivity contribution is -0.241. The Kier molecular flexibility index (Phi) is 2.98. The third-order valence-electron chi connectivity index (χ3n) is 5.58. The molecule has 0 radical (unpaired) electrons. The molecule has 1 N–H and O–H groups in total. The van der Waals surface area contributed by atoms with Gasteiger partial charge in [0.25, 0.3) is 0 Å². The molecule has 2 aliphatic carbocycles. The number of hydrogen-bond acceptors (Lipinski definition) is 4. The molecule has 1 saturated heterocycles. The van der Waals surface area contributed by atoms with Crippen LogP contribution in [0.15, 0.2) is 11.8 Å². The summed E-state index contributed by atoms with van der Waals surface area (Å²) in [6.07, 6.45) is 4.13. The highest BCUT2D eigenvalue weighted by atomic mass is 16.7. The van der Waals surface area contributed by atoms with Crippen LogP contribution in [-0.4, -0.2) is 29.9 Å². The number of aliphatic hydroxyl groups is 1.